The number of halogens is 1. The van der Waals surface area contributed by atoms with Gasteiger partial charge in [0, 0.05) is 6.42 Å². The topological polar surface area (TPSA) is 18.5 Å². The Kier molecular flexibility index (Phi) is 12.2. The average molecular weight is 322 g/mol. The van der Waals surface area contributed by atoms with Crippen molar-refractivity contribution < 1.29 is 33.5 Å². The Morgan fingerprint density at radius 2 is 1.79 bits per heavy atom. The Morgan fingerprint density at radius 3 is 2.21 bits per heavy atom. The van der Waals surface area contributed by atoms with Gasteiger partial charge in [-0.1, -0.05) is 13.3 Å². The molecule has 4 heteroatoms. The second-order valence-corrected chi connectivity index (χ2v) is 3.31. The van der Waals surface area contributed by atoms with Gasteiger partial charge in [-0.3, -0.25) is 0 Å². The first-order chi connectivity index (χ1) is 5.83. The van der Waals surface area contributed by atoms with Gasteiger partial charge < -0.3 is 40.4 Å². The van der Waals surface area contributed by atoms with Gasteiger partial charge in [0.2, 0.25) is 0 Å². The molecule has 0 aromatic rings. The van der Waals surface area contributed by atoms with Crippen LogP contribution in [0.2, 0.25) is 0 Å². The molecule has 80 valence electrons. The number of hydrogen-bond donors (Lipinski definition) is 0. The maximum absolute atomic E-state index is 5.62. The zero-order valence-electron chi connectivity index (χ0n) is 9.06. The standard InChI is InChI=1S/C10H19O2.HI.Mg/c1-3-5-7-10(6-4-2)11-8-9-12-10;;/h2-9H2,1H3;1H;/q-1;;+2/p-1. The molecule has 1 aliphatic heterocycles. The van der Waals surface area contributed by atoms with Crippen molar-refractivity contribution in [3.8, 4) is 0 Å². The van der Waals surface area contributed by atoms with E-state index in [9.17, 15) is 0 Å². The molecule has 0 aromatic heterocycles. The normalized spacial score (nSPS) is 18.4. The first-order valence-electron chi connectivity index (χ1n) is 4.90. The molecular weight excluding hydrogens is 303 g/mol. The molecule has 1 fully saturated rings. The number of ether oxygens (including phenoxy) is 2. The van der Waals surface area contributed by atoms with E-state index in [2.05, 4.69) is 13.8 Å². The summed E-state index contributed by atoms with van der Waals surface area (Å²) in [5.74, 6) is -0.266. The van der Waals surface area contributed by atoms with E-state index < -0.39 is 0 Å². The van der Waals surface area contributed by atoms with E-state index in [1.165, 1.54) is 12.8 Å². The van der Waals surface area contributed by atoms with E-state index in [4.69, 9.17) is 9.47 Å². The zero-order valence-corrected chi connectivity index (χ0v) is 12.6. The molecular formula is C10H19IMgO2. The minimum Gasteiger partial charge on any atom is -1.00 e. The van der Waals surface area contributed by atoms with Crippen molar-refractivity contribution in [2.75, 3.05) is 13.2 Å². The van der Waals surface area contributed by atoms with Crippen LogP contribution in [0.1, 0.15) is 39.0 Å². The molecule has 0 N–H and O–H groups in total. The van der Waals surface area contributed by atoms with Gasteiger partial charge >= 0.3 is 23.1 Å². The first-order valence-corrected chi connectivity index (χ1v) is 4.90. The van der Waals surface area contributed by atoms with Crippen LogP contribution in [-0.4, -0.2) is 42.1 Å². The third kappa shape index (κ3) is 5.49. The van der Waals surface area contributed by atoms with Crippen molar-refractivity contribution in [3.05, 3.63) is 6.92 Å². The molecule has 0 amide bonds. The van der Waals surface area contributed by atoms with Crippen LogP contribution in [0.15, 0.2) is 0 Å². The van der Waals surface area contributed by atoms with Crippen molar-refractivity contribution >= 4 is 23.1 Å². The van der Waals surface area contributed by atoms with Crippen molar-refractivity contribution in [2.45, 2.75) is 44.8 Å². The second kappa shape index (κ2) is 9.63. The van der Waals surface area contributed by atoms with E-state index in [1.54, 1.807) is 0 Å². The third-order valence-corrected chi connectivity index (χ3v) is 2.28. The fourth-order valence-corrected chi connectivity index (χ4v) is 1.63. The van der Waals surface area contributed by atoms with Crippen LogP contribution in [0.3, 0.4) is 0 Å². The predicted molar refractivity (Wildman–Crippen MR) is 54.5 cm³/mol. The summed E-state index contributed by atoms with van der Waals surface area (Å²) in [4.78, 5) is 0. The zero-order chi connectivity index (χ0) is 8.86. The maximum atomic E-state index is 5.62. The van der Waals surface area contributed by atoms with Gasteiger partial charge in [0.1, 0.15) is 0 Å². The van der Waals surface area contributed by atoms with Crippen LogP contribution in [0.5, 0.6) is 0 Å². The van der Waals surface area contributed by atoms with Crippen LogP contribution in [0, 0.1) is 6.92 Å². The van der Waals surface area contributed by atoms with Gasteiger partial charge in [-0.15, -0.1) is 0 Å². The molecule has 0 bridgehead atoms. The van der Waals surface area contributed by atoms with Crippen molar-refractivity contribution in [1.29, 1.82) is 0 Å². The van der Waals surface area contributed by atoms with E-state index in [-0.39, 0.29) is 52.8 Å². The Bertz CT molecular complexity index is 127. The molecule has 1 saturated heterocycles. The molecule has 0 radical (unpaired) electrons. The van der Waals surface area contributed by atoms with Crippen LogP contribution in [0.25, 0.3) is 0 Å². The Balaban J connectivity index is 0. The molecule has 0 aliphatic carbocycles. The van der Waals surface area contributed by atoms with Gasteiger partial charge in [-0.25, -0.2) is 0 Å². The van der Waals surface area contributed by atoms with Crippen LogP contribution in [0.4, 0.5) is 0 Å². The SMILES string of the molecule is [CH2-]CCC1(CCCC)OCCO1.[I-].[Mg+2]. The number of unbranched alkanes of at least 4 members (excludes halogenated alkanes) is 1. The molecule has 0 unspecified atom stereocenters. The van der Waals surface area contributed by atoms with E-state index in [0.29, 0.717) is 0 Å². The minimum atomic E-state index is -0.266. The molecule has 14 heavy (non-hydrogen) atoms. The van der Waals surface area contributed by atoms with E-state index in [1.807, 2.05) is 0 Å². The molecule has 0 aromatic carbocycles. The fraction of sp³-hybridized carbons (Fsp3) is 0.900. The van der Waals surface area contributed by atoms with Gasteiger partial charge in [0.25, 0.3) is 0 Å². The molecule has 0 saturated carbocycles. The minimum absolute atomic E-state index is 0. The summed E-state index contributed by atoms with van der Waals surface area (Å²) < 4.78 is 11.2. The van der Waals surface area contributed by atoms with Crippen LogP contribution in [-0.2, 0) is 9.47 Å². The summed E-state index contributed by atoms with van der Waals surface area (Å²) in [5.41, 5.74) is 0. The second-order valence-electron chi connectivity index (χ2n) is 3.31. The first kappa shape index (κ1) is 17.8. The smallest absolute Gasteiger partial charge is 1.00 e. The molecule has 1 aliphatic rings. The Labute approximate surface area is 121 Å². The van der Waals surface area contributed by atoms with Crippen LogP contribution < -0.4 is 24.0 Å². The quantitative estimate of drug-likeness (QED) is 0.373. The number of hydrogen-bond acceptors (Lipinski definition) is 2. The fourth-order valence-electron chi connectivity index (χ4n) is 1.63. The summed E-state index contributed by atoms with van der Waals surface area (Å²) in [6.07, 6.45) is 5.24. The molecule has 0 atom stereocenters. The van der Waals surface area contributed by atoms with Crippen molar-refractivity contribution in [3.63, 3.8) is 0 Å². The predicted octanol–water partition coefficient (Wildman–Crippen LogP) is -0.843. The Hall–Kier alpha value is 1.42. The van der Waals surface area contributed by atoms with Crippen molar-refractivity contribution in [1.82, 2.24) is 0 Å². The summed E-state index contributed by atoms with van der Waals surface area (Å²) in [6, 6.07) is 0. The van der Waals surface area contributed by atoms with Crippen LogP contribution >= 0.6 is 0 Å². The van der Waals surface area contributed by atoms with Gasteiger partial charge in [0.05, 0.1) is 13.2 Å². The maximum Gasteiger partial charge on any atom is 2.00 e. The molecule has 0 spiro atoms. The molecule has 2 nitrogen and oxygen atoms in total. The molecule has 1 rings (SSSR count). The third-order valence-electron chi connectivity index (χ3n) is 2.28. The van der Waals surface area contributed by atoms with E-state index in [0.717, 1.165) is 32.5 Å². The van der Waals surface area contributed by atoms with Crippen molar-refractivity contribution in [2.24, 2.45) is 0 Å². The van der Waals surface area contributed by atoms with E-state index >= 15 is 0 Å². The summed E-state index contributed by atoms with van der Waals surface area (Å²) in [7, 11) is 0. The summed E-state index contributed by atoms with van der Waals surface area (Å²) in [6.45, 7) is 7.54. The summed E-state index contributed by atoms with van der Waals surface area (Å²) in [5, 5.41) is 0. The Morgan fingerprint density at radius 1 is 1.21 bits per heavy atom. The number of rotatable bonds is 5. The van der Waals surface area contributed by atoms with Gasteiger partial charge in [-0.05, 0) is 12.8 Å². The monoisotopic (exact) mass is 322 g/mol. The van der Waals surface area contributed by atoms with Gasteiger partial charge in [0.15, 0.2) is 5.79 Å². The molecule has 1 heterocycles. The largest absolute Gasteiger partial charge is 2.00 e. The summed E-state index contributed by atoms with van der Waals surface area (Å²) >= 11 is 0. The average Bonchev–Trinajstić information content (AvgIpc) is 2.51. The van der Waals surface area contributed by atoms with Gasteiger partial charge in [-0.2, -0.15) is 6.42 Å².